The molecule has 0 aliphatic carbocycles. The molecule has 0 bridgehead atoms. The van der Waals surface area contributed by atoms with Crippen LogP contribution in [-0.4, -0.2) is 38.9 Å². The maximum atomic E-state index is 12.4. The van der Waals surface area contributed by atoms with Gasteiger partial charge in [0.25, 0.3) is 0 Å². The molecule has 0 radical (unpaired) electrons. The number of benzene rings is 2. The molecule has 2 aromatic rings. The predicted molar refractivity (Wildman–Crippen MR) is 127 cm³/mol. The van der Waals surface area contributed by atoms with Crippen molar-refractivity contribution in [3.05, 3.63) is 59.2 Å². The van der Waals surface area contributed by atoms with Crippen LogP contribution in [0.2, 0.25) is 0 Å². The molecule has 2 aromatic carbocycles. The minimum atomic E-state index is -2.84. The van der Waals surface area contributed by atoms with E-state index in [4.69, 9.17) is 9.47 Å². The summed E-state index contributed by atoms with van der Waals surface area (Å²) in [4.78, 5) is 4.22. The van der Waals surface area contributed by atoms with Crippen LogP contribution < -0.4 is 20.1 Å². The van der Waals surface area contributed by atoms with E-state index in [0.717, 1.165) is 35.5 Å². The van der Waals surface area contributed by atoms with Crippen LogP contribution in [0.1, 0.15) is 23.1 Å². The van der Waals surface area contributed by atoms with E-state index >= 15 is 0 Å². The van der Waals surface area contributed by atoms with Crippen molar-refractivity contribution < 1.29 is 23.0 Å². The van der Waals surface area contributed by atoms with Gasteiger partial charge in [0.2, 0.25) is 0 Å². The Morgan fingerprint density at radius 3 is 2.71 bits per heavy atom. The zero-order chi connectivity index (χ0) is 21.3. The normalized spacial score (nSPS) is 16.0. The van der Waals surface area contributed by atoms with E-state index in [0.29, 0.717) is 25.7 Å². The summed E-state index contributed by atoms with van der Waals surface area (Å²) in [6.07, 6.45) is 0.962. The zero-order valence-corrected chi connectivity index (χ0v) is 19.9. The molecular formula is C22H28F2IN3O3. The molecular weight excluding hydrogens is 519 g/mol. The van der Waals surface area contributed by atoms with Gasteiger partial charge in [-0.15, -0.1) is 24.0 Å². The fourth-order valence-electron chi connectivity index (χ4n) is 3.12. The van der Waals surface area contributed by atoms with Crippen LogP contribution in [0.5, 0.6) is 11.5 Å². The number of nitrogens with one attached hydrogen (secondary N) is 2. The number of nitrogens with zero attached hydrogens (tertiary/aromatic N) is 1. The Morgan fingerprint density at radius 1 is 1.19 bits per heavy atom. The van der Waals surface area contributed by atoms with Crippen molar-refractivity contribution in [2.24, 2.45) is 4.99 Å². The Hall–Kier alpha value is -2.14. The second kappa shape index (κ2) is 12.7. The summed E-state index contributed by atoms with van der Waals surface area (Å²) in [5.41, 5.74) is 2.94. The van der Waals surface area contributed by atoms with Crippen LogP contribution in [0.4, 0.5) is 8.78 Å². The van der Waals surface area contributed by atoms with E-state index in [1.54, 1.807) is 19.2 Å². The average molecular weight is 547 g/mol. The number of aryl methyl sites for hydroxylation is 1. The Kier molecular flexibility index (Phi) is 10.3. The molecule has 0 amide bonds. The first kappa shape index (κ1) is 25.1. The monoisotopic (exact) mass is 547 g/mol. The van der Waals surface area contributed by atoms with Crippen molar-refractivity contribution >= 4 is 29.9 Å². The zero-order valence-electron chi connectivity index (χ0n) is 17.6. The van der Waals surface area contributed by atoms with E-state index in [1.807, 2.05) is 31.2 Å². The van der Waals surface area contributed by atoms with Crippen molar-refractivity contribution in [3.63, 3.8) is 0 Å². The molecule has 31 heavy (non-hydrogen) atoms. The van der Waals surface area contributed by atoms with Crippen LogP contribution in [0, 0.1) is 6.92 Å². The van der Waals surface area contributed by atoms with Gasteiger partial charge in [-0.3, -0.25) is 4.99 Å². The van der Waals surface area contributed by atoms with E-state index in [1.165, 1.54) is 6.07 Å². The van der Waals surface area contributed by atoms with Gasteiger partial charge in [0.05, 0.1) is 13.2 Å². The lowest BCUT2D eigenvalue weighted by Crippen LogP contribution is -2.36. The molecule has 1 fully saturated rings. The first-order valence-corrected chi connectivity index (χ1v) is 9.85. The second-order valence-electron chi connectivity index (χ2n) is 7.02. The highest BCUT2D eigenvalue weighted by Gasteiger charge is 2.18. The number of ether oxygens (including phenoxy) is 3. The maximum Gasteiger partial charge on any atom is 0.387 e. The van der Waals surface area contributed by atoms with Crippen LogP contribution in [0.15, 0.2) is 47.5 Å². The third-order valence-electron chi connectivity index (χ3n) is 4.66. The SMILES string of the molecule is CN=C(NCc1cccc(OC(F)F)c1)NCc1ccc(C)cc1OC1CCOC1.I. The molecule has 3 rings (SSSR count). The fraction of sp³-hybridized carbons (Fsp3) is 0.409. The first-order chi connectivity index (χ1) is 14.5. The van der Waals surface area contributed by atoms with E-state index < -0.39 is 6.61 Å². The topological polar surface area (TPSA) is 64.1 Å². The highest BCUT2D eigenvalue weighted by Crippen LogP contribution is 2.24. The lowest BCUT2D eigenvalue weighted by Gasteiger charge is -2.18. The summed E-state index contributed by atoms with van der Waals surface area (Å²) in [6, 6.07) is 12.7. The molecule has 1 aliphatic heterocycles. The number of aliphatic imine (C=N–C) groups is 1. The third kappa shape index (κ3) is 8.13. The molecule has 1 saturated heterocycles. The molecule has 1 unspecified atom stereocenters. The molecule has 0 spiro atoms. The van der Waals surface area contributed by atoms with Crippen molar-refractivity contribution in [1.82, 2.24) is 10.6 Å². The average Bonchev–Trinajstić information content (AvgIpc) is 3.22. The first-order valence-electron chi connectivity index (χ1n) is 9.85. The molecule has 1 aliphatic rings. The van der Waals surface area contributed by atoms with Gasteiger partial charge in [-0.25, -0.2) is 0 Å². The molecule has 9 heteroatoms. The third-order valence-corrected chi connectivity index (χ3v) is 4.66. The highest BCUT2D eigenvalue weighted by atomic mass is 127. The lowest BCUT2D eigenvalue weighted by molar-refractivity contribution is -0.0498. The van der Waals surface area contributed by atoms with Gasteiger partial charge in [0.1, 0.15) is 17.6 Å². The van der Waals surface area contributed by atoms with Gasteiger partial charge >= 0.3 is 6.61 Å². The predicted octanol–water partition coefficient (Wildman–Crippen LogP) is 4.25. The van der Waals surface area contributed by atoms with Crippen LogP contribution in [0.3, 0.4) is 0 Å². The summed E-state index contributed by atoms with van der Waals surface area (Å²) in [7, 11) is 1.67. The smallest absolute Gasteiger partial charge is 0.387 e. The quantitative estimate of drug-likeness (QED) is 0.294. The van der Waals surface area contributed by atoms with Crippen molar-refractivity contribution in [2.75, 3.05) is 20.3 Å². The van der Waals surface area contributed by atoms with Gasteiger partial charge in [-0.05, 0) is 36.2 Å². The second-order valence-corrected chi connectivity index (χ2v) is 7.02. The van der Waals surface area contributed by atoms with E-state index in [2.05, 4.69) is 20.4 Å². The van der Waals surface area contributed by atoms with Gasteiger partial charge in [0, 0.05) is 32.1 Å². The molecule has 0 saturated carbocycles. The standard InChI is InChI=1S/C22H27F2N3O3.HI/c1-15-6-7-17(20(10-15)29-19-8-9-28-14-19)13-27-22(25-2)26-12-16-4-3-5-18(11-16)30-21(23)24;/h3-7,10-11,19,21H,8-9,12-14H2,1-2H3,(H2,25,26,27);1H. The van der Waals surface area contributed by atoms with Gasteiger partial charge in [-0.1, -0.05) is 24.3 Å². The van der Waals surface area contributed by atoms with E-state index in [-0.39, 0.29) is 35.8 Å². The summed E-state index contributed by atoms with van der Waals surface area (Å²) in [5, 5.41) is 6.44. The number of hydrogen-bond donors (Lipinski definition) is 2. The number of hydrogen-bond acceptors (Lipinski definition) is 4. The number of rotatable bonds is 8. The van der Waals surface area contributed by atoms with Crippen molar-refractivity contribution in [2.45, 2.75) is 39.1 Å². The Labute approximate surface area is 198 Å². The van der Waals surface area contributed by atoms with Crippen molar-refractivity contribution in [3.8, 4) is 11.5 Å². The lowest BCUT2D eigenvalue weighted by atomic mass is 10.1. The summed E-state index contributed by atoms with van der Waals surface area (Å²) >= 11 is 0. The number of halogens is 3. The van der Waals surface area contributed by atoms with E-state index in [9.17, 15) is 8.78 Å². The fourth-order valence-corrected chi connectivity index (χ4v) is 3.12. The number of guanidine groups is 1. The molecule has 6 nitrogen and oxygen atoms in total. The summed E-state index contributed by atoms with van der Waals surface area (Å²) < 4.78 is 40.7. The van der Waals surface area contributed by atoms with Crippen LogP contribution in [0.25, 0.3) is 0 Å². The molecule has 2 N–H and O–H groups in total. The van der Waals surface area contributed by atoms with Crippen LogP contribution >= 0.6 is 24.0 Å². The number of alkyl halides is 2. The minimum absolute atomic E-state index is 0. The Morgan fingerprint density at radius 2 is 2.00 bits per heavy atom. The Balaban J connectivity index is 0.00000341. The molecule has 170 valence electrons. The van der Waals surface area contributed by atoms with Gasteiger partial charge in [-0.2, -0.15) is 8.78 Å². The van der Waals surface area contributed by atoms with Gasteiger partial charge in [0.15, 0.2) is 5.96 Å². The summed E-state index contributed by atoms with van der Waals surface area (Å²) in [6.45, 7) is 1.46. The molecule has 1 atom stereocenters. The largest absolute Gasteiger partial charge is 0.488 e. The van der Waals surface area contributed by atoms with Crippen molar-refractivity contribution in [1.29, 1.82) is 0 Å². The maximum absolute atomic E-state index is 12.4. The van der Waals surface area contributed by atoms with Crippen LogP contribution in [-0.2, 0) is 17.8 Å². The van der Waals surface area contributed by atoms with Gasteiger partial charge < -0.3 is 24.8 Å². The summed E-state index contributed by atoms with van der Waals surface area (Å²) in [5.74, 6) is 1.56. The molecule has 1 heterocycles. The Bertz CT molecular complexity index is 862. The minimum Gasteiger partial charge on any atom is -0.488 e. The molecule has 0 aromatic heterocycles. The highest BCUT2D eigenvalue weighted by molar-refractivity contribution is 14.0.